The Hall–Kier alpha value is -1.45. The zero-order chi connectivity index (χ0) is 16.8. The number of likely N-dealkylation sites (tertiary alicyclic amines) is 1. The Kier molecular flexibility index (Phi) is 3.97. The molecule has 1 aromatic rings. The van der Waals surface area contributed by atoms with Crippen LogP contribution in [0.3, 0.4) is 0 Å². The van der Waals surface area contributed by atoms with E-state index in [2.05, 4.69) is 5.10 Å². The number of aromatic nitrogens is 2. The molecule has 8 nitrogen and oxygen atoms in total. The molecule has 0 unspecified atom stereocenters. The van der Waals surface area contributed by atoms with Crippen LogP contribution in [0.1, 0.15) is 29.8 Å². The van der Waals surface area contributed by atoms with Crippen LogP contribution in [-0.4, -0.2) is 76.0 Å². The molecule has 1 N–H and O–H groups in total. The summed E-state index contributed by atoms with van der Waals surface area (Å²) in [6, 6.07) is 1.64. The van der Waals surface area contributed by atoms with Crippen molar-refractivity contribution in [1.29, 1.82) is 0 Å². The summed E-state index contributed by atoms with van der Waals surface area (Å²) in [5, 5.41) is 14.6. The minimum absolute atomic E-state index is 0.135. The van der Waals surface area contributed by atoms with Gasteiger partial charge in [0.25, 0.3) is 5.91 Å². The molecule has 2 aliphatic heterocycles. The number of carbonyl (C=O) groups is 1. The van der Waals surface area contributed by atoms with Gasteiger partial charge in [0.05, 0.1) is 17.9 Å². The Labute approximate surface area is 135 Å². The van der Waals surface area contributed by atoms with Gasteiger partial charge in [-0.15, -0.1) is 0 Å². The Morgan fingerprint density at radius 2 is 2.13 bits per heavy atom. The fourth-order valence-corrected chi connectivity index (χ4v) is 5.28. The number of hydrogen-bond acceptors (Lipinski definition) is 5. The molecule has 2 fully saturated rings. The van der Waals surface area contributed by atoms with Crippen LogP contribution in [0.5, 0.6) is 0 Å². The van der Waals surface area contributed by atoms with Crippen molar-refractivity contribution in [2.75, 3.05) is 25.9 Å². The van der Waals surface area contributed by atoms with E-state index in [9.17, 15) is 18.3 Å². The Morgan fingerprint density at radius 1 is 1.39 bits per heavy atom. The summed E-state index contributed by atoms with van der Waals surface area (Å²) in [5.74, 6) is -0.192. The Balaban J connectivity index is 1.80. The first-order valence-electron chi connectivity index (χ1n) is 7.69. The van der Waals surface area contributed by atoms with E-state index < -0.39 is 21.7 Å². The molecule has 128 valence electrons. The maximum absolute atomic E-state index is 12.5. The summed E-state index contributed by atoms with van der Waals surface area (Å²) in [6.07, 6.45) is 3.67. The summed E-state index contributed by atoms with van der Waals surface area (Å²) < 4.78 is 27.0. The number of aliphatic hydroxyl groups excluding tert-OH is 1. The molecule has 3 heterocycles. The molecule has 2 atom stereocenters. The molecule has 23 heavy (non-hydrogen) atoms. The normalized spacial score (nSPS) is 29.3. The van der Waals surface area contributed by atoms with E-state index in [1.165, 1.54) is 15.2 Å². The predicted molar refractivity (Wildman–Crippen MR) is 83.3 cm³/mol. The highest BCUT2D eigenvalue weighted by Crippen LogP contribution is 2.40. The number of amides is 1. The highest BCUT2D eigenvalue weighted by Gasteiger charge is 2.53. The van der Waals surface area contributed by atoms with Crippen molar-refractivity contribution in [1.82, 2.24) is 19.0 Å². The lowest BCUT2D eigenvalue weighted by molar-refractivity contribution is -0.0294. The fraction of sp³-hybridized carbons (Fsp3) is 0.714. The number of β-amino-alcohol motifs (C(OH)–C–C–N with tert-alkyl or cyclic N) is 1. The van der Waals surface area contributed by atoms with Gasteiger partial charge in [0.2, 0.25) is 10.0 Å². The molecule has 2 saturated heterocycles. The van der Waals surface area contributed by atoms with Gasteiger partial charge in [-0.3, -0.25) is 9.48 Å². The van der Waals surface area contributed by atoms with Crippen molar-refractivity contribution >= 4 is 15.9 Å². The average Bonchev–Trinajstić information content (AvgIpc) is 3.08. The SMILES string of the molecule is Cn1nccc1C(=O)N1CC[C@@]2(CCCN2S(C)(=O)=O)[C@@H](O)C1. The number of sulfonamides is 1. The number of carbonyl (C=O) groups excluding carboxylic acids is 1. The maximum atomic E-state index is 12.5. The first kappa shape index (κ1) is 16.4. The van der Waals surface area contributed by atoms with Gasteiger partial charge in [0.1, 0.15) is 5.69 Å². The molecule has 0 aromatic carbocycles. The van der Waals surface area contributed by atoms with E-state index in [4.69, 9.17) is 0 Å². The quantitative estimate of drug-likeness (QED) is 0.776. The number of hydrogen-bond donors (Lipinski definition) is 1. The zero-order valence-corrected chi connectivity index (χ0v) is 14.2. The van der Waals surface area contributed by atoms with Crippen LogP contribution in [-0.2, 0) is 17.1 Å². The Bertz CT molecular complexity index is 716. The van der Waals surface area contributed by atoms with Crippen molar-refractivity contribution in [3.05, 3.63) is 18.0 Å². The zero-order valence-electron chi connectivity index (χ0n) is 13.3. The lowest BCUT2D eigenvalue weighted by atomic mass is 9.83. The second kappa shape index (κ2) is 5.57. The summed E-state index contributed by atoms with van der Waals surface area (Å²) in [7, 11) is -1.68. The van der Waals surface area contributed by atoms with Crippen molar-refractivity contribution in [3.8, 4) is 0 Å². The van der Waals surface area contributed by atoms with Gasteiger partial charge in [-0.05, 0) is 25.3 Å². The smallest absolute Gasteiger partial charge is 0.272 e. The lowest BCUT2D eigenvalue weighted by Gasteiger charge is -2.47. The molecular formula is C14H22N4O4S. The number of rotatable bonds is 2. The summed E-state index contributed by atoms with van der Waals surface area (Å²) >= 11 is 0. The van der Waals surface area contributed by atoms with Crippen LogP contribution in [0.15, 0.2) is 12.3 Å². The minimum Gasteiger partial charge on any atom is -0.389 e. The topological polar surface area (TPSA) is 95.7 Å². The molecular weight excluding hydrogens is 320 g/mol. The largest absolute Gasteiger partial charge is 0.389 e. The standard InChI is InChI=1S/C14H22N4O4S/c1-16-11(4-7-15-16)13(20)17-9-6-14(12(19)10-17)5-3-8-18(14)23(2,21)22/h4,7,12,19H,3,5-6,8-10H2,1-2H3/t12-,14-/m0/s1. The molecule has 1 spiro atoms. The predicted octanol–water partition coefficient (Wildman–Crippen LogP) is -0.579. The molecule has 9 heteroatoms. The van der Waals surface area contributed by atoms with Gasteiger partial charge in [-0.25, -0.2) is 8.42 Å². The molecule has 1 amide bonds. The highest BCUT2D eigenvalue weighted by molar-refractivity contribution is 7.88. The monoisotopic (exact) mass is 342 g/mol. The van der Waals surface area contributed by atoms with Gasteiger partial charge in [-0.1, -0.05) is 0 Å². The molecule has 0 aliphatic carbocycles. The first-order chi connectivity index (χ1) is 10.8. The van der Waals surface area contributed by atoms with Gasteiger partial charge >= 0.3 is 0 Å². The van der Waals surface area contributed by atoms with Gasteiger partial charge < -0.3 is 10.0 Å². The third-order valence-electron chi connectivity index (χ3n) is 5.02. The van der Waals surface area contributed by atoms with Crippen LogP contribution < -0.4 is 0 Å². The van der Waals surface area contributed by atoms with Crippen LogP contribution in [0.4, 0.5) is 0 Å². The van der Waals surface area contributed by atoms with E-state index in [-0.39, 0.29) is 12.5 Å². The minimum atomic E-state index is -3.38. The van der Waals surface area contributed by atoms with Crippen LogP contribution in [0.25, 0.3) is 0 Å². The summed E-state index contributed by atoms with van der Waals surface area (Å²) in [5.41, 5.74) is -0.309. The second-order valence-electron chi connectivity index (χ2n) is 6.40. The number of aryl methyl sites for hydroxylation is 1. The Morgan fingerprint density at radius 3 is 2.70 bits per heavy atom. The molecule has 0 bridgehead atoms. The number of nitrogens with zero attached hydrogens (tertiary/aromatic N) is 4. The molecule has 3 rings (SSSR count). The fourth-order valence-electron chi connectivity index (χ4n) is 3.85. The van der Waals surface area contributed by atoms with E-state index in [1.807, 2.05) is 0 Å². The third kappa shape index (κ3) is 2.66. The molecule has 2 aliphatic rings. The van der Waals surface area contributed by atoms with Crippen molar-refractivity contribution in [2.24, 2.45) is 7.05 Å². The van der Waals surface area contributed by atoms with E-state index in [1.54, 1.807) is 24.2 Å². The summed E-state index contributed by atoms with van der Waals surface area (Å²) in [6.45, 7) is 0.995. The molecule has 0 saturated carbocycles. The van der Waals surface area contributed by atoms with Crippen LogP contribution >= 0.6 is 0 Å². The first-order valence-corrected chi connectivity index (χ1v) is 9.54. The van der Waals surface area contributed by atoms with E-state index in [0.29, 0.717) is 31.6 Å². The van der Waals surface area contributed by atoms with E-state index >= 15 is 0 Å². The van der Waals surface area contributed by atoms with Gasteiger partial charge in [0, 0.05) is 32.9 Å². The molecule has 1 aromatic heterocycles. The maximum Gasteiger partial charge on any atom is 0.272 e. The number of piperidine rings is 1. The second-order valence-corrected chi connectivity index (χ2v) is 8.31. The lowest BCUT2D eigenvalue weighted by Crippen LogP contribution is -2.63. The van der Waals surface area contributed by atoms with Gasteiger partial charge in [-0.2, -0.15) is 9.40 Å². The number of aliphatic hydroxyl groups is 1. The van der Waals surface area contributed by atoms with E-state index in [0.717, 1.165) is 6.42 Å². The van der Waals surface area contributed by atoms with Gasteiger partial charge in [0.15, 0.2) is 0 Å². The van der Waals surface area contributed by atoms with Crippen molar-refractivity contribution in [2.45, 2.75) is 30.9 Å². The van der Waals surface area contributed by atoms with Crippen molar-refractivity contribution in [3.63, 3.8) is 0 Å². The van der Waals surface area contributed by atoms with Crippen LogP contribution in [0.2, 0.25) is 0 Å². The van der Waals surface area contributed by atoms with Crippen molar-refractivity contribution < 1.29 is 18.3 Å². The average molecular weight is 342 g/mol. The van der Waals surface area contributed by atoms with Crippen LogP contribution in [0, 0.1) is 0 Å². The molecule has 0 radical (unpaired) electrons. The summed E-state index contributed by atoms with van der Waals surface area (Å²) in [4.78, 5) is 14.1. The third-order valence-corrected chi connectivity index (χ3v) is 6.37. The highest BCUT2D eigenvalue weighted by atomic mass is 32.2.